The third-order valence-electron chi connectivity index (χ3n) is 3.25. The van der Waals surface area contributed by atoms with Crippen LogP contribution in [0.5, 0.6) is 0 Å². The summed E-state index contributed by atoms with van der Waals surface area (Å²) in [5.41, 5.74) is 0.945. The predicted octanol–water partition coefficient (Wildman–Crippen LogP) is 2.22. The van der Waals surface area contributed by atoms with Crippen LogP contribution < -0.4 is 10.2 Å². The molecule has 1 aliphatic rings. The minimum Gasteiger partial charge on any atom is -0.378 e. The molecule has 2 aromatic rings. The van der Waals surface area contributed by atoms with Gasteiger partial charge in [-0.15, -0.1) is 0 Å². The number of amides is 1. The summed E-state index contributed by atoms with van der Waals surface area (Å²) in [6.45, 7) is 2.73. The number of hydrogen-bond acceptors (Lipinski definition) is 5. The van der Waals surface area contributed by atoms with Gasteiger partial charge in [0.25, 0.3) is 5.91 Å². The van der Waals surface area contributed by atoms with Crippen LogP contribution in [0.3, 0.4) is 0 Å². The summed E-state index contributed by atoms with van der Waals surface area (Å²) in [6, 6.07) is 8.57. The van der Waals surface area contributed by atoms with E-state index in [2.05, 4.69) is 15.3 Å². The molecule has 1 aromatic heterocycles. The lowest BCUT2D eigenvalue weighted by atomic mass is 10.3. The lowest BCUT2D eigenvalue weighted by Crippen LogP contribution is -2.37. The highest BCUT2D eigenvalue weighted by atomic mass is 35.5. The minimum atomic E-state index is -0.292. The quantitative estimate of drug-likeness (QED) is 0.940. The van der Waals surface area contributed by atoms with Gasteiger partial charge in [0.2, 0.25) is 5.95 Å². The second-order valence-corrected chi connectivity index (χ2v) is 5.24. The number of carbonyl (C=O) groups excluding carboxylic acids is 1. The van der Waals surface area contributed by atoms with Crippen molar-refractivity contribution in [1.82, 2.24) is 9.97 Å². The molecule has 0 atom stereocenters. The maximum absolute atomic E-state index is 12.3. The van der Waals surface area contributed by atoms with E-state index in [1.165, 1.54) is 0 Å². The van der Waals surface area contributed by atoms with Crippen molar-refractivity contribution in [2.45, 2.75) is 0 Å². The third kappa shape index (κ3) is 3.52. The molecule has 0 aliphatic carbocycles. The number of nitrogens with one attached hydrogen (secondary N) is 1. The zero-order chi connectivity index (χ0) is 15.4. The lowest BCUT2D eigenvalue weighted by Gasteiger charge is -2.26. The average molecular weight is 319 g/mol. The zero-order valence-electron chi connectivity index (χ0n) is 11.8. The van der Waals surface area contributed by atoms with Crippen molar-refractivity contribution in [3.05, 3.63) is 47.2 Å². The third-order valence-corrected chi connectivity index (χ3v) is 3.49. The Bertz CT molecular complexity index is 674. The summed E-state index contributed by atoms with van der Waals surface area (Å²) in [5.74, 6) is 0.251. The molecule has 0 spiro atoms. The molecule has 7 heteroatoms. The fraction of sp³-hybridized carbons (Fsp3) is 0.267. The first kappa shape index (κ1) is 14.7. The number of carbonyl (C=O) groups is 1. The Labute approximate surface area is 133 Å². The Morgan fingerprint density at radius 3 is 2.86 bits per heavy atom. The number of hydrogen-bond donors (Lipinski definition) is 1. The van der Waals surface area contributed by atoms with Crippen LogP contribution in [0.4, 0.5) is 11.6 Å². The first-order chi connectivity index (χ1) is 10.7. The SMILES string of the molecule is O=C(Nc1cccc(Cl)c1)c1ccnc(N2CCOCC2)n1. The fourth-order valence-corrected chi connectivity index (χ4v) is 2.34. The van der Waals surface area contributed by atoms with Crippen LogP contribution in [-0.4, -0.2) is 42.2 Å². The molecular formula is C15H15ClN4O2. The molecule has 1 saturated heterocycles. The molecule has 2 heterocycles. The van der Waals surface area contributed by atoms with Crippen LogP contribution in [0.2, 0.25) is 5.02 Å². The standard InChI is InChI=1S/C15H15ClN4O2/c16-11-2-1-3-12(10-11)18-14(21)13-4-5-17-15(19-13)20-6-8-22-9-7-20/h1-5,10H,6-9H2,(H,18,21). The number of benzene rings is 1. The highest BCUT2D eigenvalue weighted by Gasteiger charge is 2.16. The van der Waals surface area contributed by atoms with Gasteiger partial charge in [0, 0.05) is 30.0 Å². The molecule has 0 saturated carbocycles. The van der Waals surface area contributed by atoms with Gasteiger partial charge >= 0.3 is 0 Å². The largest absolute Gasteiger partial charge is 0.378 e. The average Bonchev–Trinajstić information content (AvgIpc) is 2.56. The van der Waals surface area contributed by atoms with Crippen molar-refractivity contribution in [3.8, 4) is 0 Å². The van der Waals surface area contributed by atoms with E-state index in [9.17, 15) is 4.79 Å². The van der Waals surface area contributed by atoms with Crippen LogP contribution >= 0.6 is 11.6 Å². The van der Waals surface area contributed by atoms with E-state index in [0.29, 0.717) is 35.6 Å². The van der Waals surface area contributed by atoms with Crippen molar-refractivity contribution in [1.29, 1.82) is 0 Å². The number of aromatic nitrogens is 2. The number of rotatable bonds is 3. The molecule has 1 aromatic carbocycles. The van der Waals surface area contributed by atoms with Crippen molar-refractivity contribution in [2.75, 3.05) is 36.5 Å². The van der Waals surface area contributed by atoms with Gasteiger partial charge in [-0.05, 0) is 24.3 Å². The van der Waals surface area contributed by atoms with Crippen LogP contribution in [0.15, 0.2) is 36.5 Å². The van der Waals surface area contributed by atoms with Gasteiger partial charge in [-0.3, -0.25) is 4.79 Å². The van der Waals surface area contributed by atoms with Gasteiger partial charge in [-0.2, -0.15) is 0 Å². The van der Waals surface area contributed by atoms with Crippen molar-refractivity contribution in [2.24, 2.45) is 0 Å². The summed E-state index contributed by atoms with van der Waals surface area (Å²) in [7, 11) is 0. The zero-order valence-corrected chi connectivity index (χ0v) is 12.6. The monoisotopic (exact) mass is 318 g/mol. The van der Waals surface area contributed by atoms with E-state index >= 15 is 0 Å². The minimum absolute atomic E-state index is 0.292. The highest BCUT2D eigenvalue weighted by molar-refractivity contribution is 6.30. The van der Waals surface area contributed by atoms with Gasteiger partial charge in [-0.25, -0.2) is 9.97 Å². The number of nitrogens with zero attached hydrogens (tertiary/aromatic N) is 3. The number of anilines is 2. The van der Waals surface area contributed by atoms with Gasteiger partial charge in [0.1, 0.15) is 5.69 Å². The highest BCUT2D eigenvalue weighted by Crippen LogP contribution is 2.16. The fourth-order valence-electron chi connectivity index (χ4n) is 2.15. The summed E-state index contributed by atoms with van der Waals surface area (Å²) < 4.78 is 5.30. The Morgan fingerprint density at radius 2 is 2.09 bits per heavy atom. The van der Waals surface area contributed by atoms with E-state index in [4.69, 9.17) is 16.3 Å². The number of halogens is 1. The molecule has 114 valence electrons. The molecule has 0 unspecified atom stereocenters. The summed E-state index contributed by atoms with van der Waals surface area (Å²) in [4.78, 5) is 22.8. The van der Waals surface area contributed by atoms with Crippen LogP contribution in [0.25, 0.3) is 0 Å². The Kier molecular flexibility index (Phi) is 4.50. The Hall–Kier alpha value is -2.18. The summed E-state index contributed by atoms with van der Waals surface area (Å²) in [6.07, 6.45) is 1.59. The Balaban J connectivity index is 1.75. The van der Waals surface area contributed by atoms with E-state index in [1.54, 1.807) is 36.5 Å². The number of morpholine rings is 1. The smallest absolute Gasteiger partial charge is 0.274 e. The second-order valence-electron chi connectivity index (χ2n) is 4.81. The predicted molar refractivity (Wildman–Crippen MR) is 84.5 cm³/mol. The molecule has 0 radical (unpaired) electrons. The molecule has 0 bridgehead atoms. The molecule has 3 rings (SSSR count). The first-order valence-corrected chi connectivity index (χ1v) is 7.33. The lowest BCUT2D eigenvalue weighted by molar-refractivity contribution is 0.102. The first-order valence-electron chi connectivity index (χ1n) is 6.95. The topological polar surface area (TPSA) is 67.4 Å². The van der Waals surface area contributed by atoms with Crippen LogP contribution in [0.1, 0.15) is 10.5 Å². The van der Waals surface area contributed by atoms with Crippen LogP contribution in [-0.2, 0) is 4.74 Å². The van der Waals surface area contributed by atoms with Gasteiger partial charge < -0.3 is 15.0 Å². The molecule has 1 N–H and O–H groups in total. The van der Waals surface area contributed by atoms with Gasteiger partial charge in [-0.1, -0.05) is 17.7 Å². The van der Waals surface area contributed by atoms with Crippen molar-refractivity contribution in [3.63, 3.8) is 0 Å². The maximum atomic E-state index is 12.3. The molecule has 1 fully saturated rings. The summed E-state index contributed by atoms with van der Waals surface area (Å²) >= 11 is 5.91. The van der Waals surface area contributed by atoms with E-state index in [0.717, 1.165) is 13.1 Å². The van der Waals surface area contributed by atoms with E-state index in [-0.39, 0.29) is 5.91 Å². The van der Waals surface area contributed by atoms with E-state index < -0.39 is 0 Å². The van der Waals surface area contributed by atoms with Crippen molar-refractivity contribution >= 4 is 29.1 Å². The molecule has 1 amide bonds. The normalized spacial score (nSPS) is 14.7. The summed E-state index contributed by atoms with van der Waals surface area (Å²) in [5, 5.41) is 3.34. The van der Waals surface area contributed by atoms with Gasteiger partial charge in [0.15, 0.2) is 0 Å². The Morgan fingerprint density at radius 1 is 1.27 bits per heavy atom. The molecule has 6 nitrogen and oxygen atoms in total. The van der Waals surface area contributed by atoms with Gasteiger partial charge in [0.05, 0.1) is 13.2 Å². The maximum Gasteiger partial charge on any atom is 0.274 e. The second kappa shape index (κ2) is 6.72. The number of ether oxygens (including phenoxy) is 1. The van der Waals surface area contributed by atoms with Crippen LogP contribution in [0, 0.1) is 0 Å². The van der Waals surface area contributed by atoms with E-state index in [1.807, 2.05) is 4.90 Å². The van der Waals surface area contributed by atoms with Crippen molar-refractivity contribution < 1.29 is 9.53 Å². The molecular weight excluding hydrogens is 304 g/mol. The molecule has 22 heavy (non-hydrogen) atoms. The molecule has 1 aliphatic heterocycles.